The van der Waals surface area contributed by atoms with Crippen molar-refractivity contribution in [2.24, 2.45) is 0 Å². The number of phosphoric ester groups is 1. The predicted octanol–water partition coefficient (Wildman–Crippen LogP) is 12.3. The van der Waals surface area contributed by atoms with Crippen LogP contribution in [0.25, 0.3) is 0 Å². The Balaban J connectivity index is 4.51. The van der Waals surface area contributed by atoms with Crippen molar-refractivity contribution in [2.45, 2.75) is 206 Å². The van der Waals surface area contributed by atoms with Gasteiger partial charge < -0.3 is 19.7 Å². The number of esters is 2. The fourth-order valence-electron chi connectivity index (χ4n) is 5.94. The zero-order valence-electron chi connectivity index (χ0n) is 35.3. The second kappa shape index (κ2) is 38.0. The smallest absolute Gasteiger partial charge is 0.462 e. The Hall–Kier alpha value is -2.21. The summed E-state index contributed by atoms with van der Waals surface area (Å²) >= 11 is 0. The maximum absolute atomic E-state index is 12.6. The Bertz CT molecular complexity index is 1100. The van der Waals surface area contributed by atoms with Gasteiger partial charge in [0.05, 0.1) is 13.2 Å². The van der Waals surface area contributed by atoms with Gasteiger partial charge >= 0.3 is 31.8 Å². The van der Waals surface area contributed by atoms with Crippen molar-refractivity contribution in [3.8, 4) is 0 Å². The van der Waals surface area contributed by atoms with E-state index in [9.17, 15) is 37.0 Å². The number of hydrogen-bond acceptors (Lipinski definition) is 8. The fourth-order valence-corrected chi connectivity index (χ4v) is 6.69. The van der Waals surface area contributed by atoms with Gasteiger partial charge in [0.1, 0.15) is 6.61 Å². The topological polar surface area (TPSA) is 137 Å². The maximum Gasteiger partial charge on any atom is 0.472 e. The SMILES string of the molecule is CCCCCCCCC=CCCCCCCCC(=O)OCC(COP(=O)(O)OCCNC(=O)C(F)(F)F)OC(=O)CCCCCCCC=CCCCCCCCC. The van der Waals surface area contributed by atoms with Gasteiger partial charge in [0.25, 0.3) is 0 Å². The van der Waals surface area contributed by atoms with Crippen molar-refractivity contribution < 1.29 is 55.5 Å². The lowest BCUT2D eigenvalue weighted by atomic mass is 10.1. The Labute approximate surface area is 342 Å². The van der Waals surface area contributed by atoms with Gasteiger partial charge in [-0.2, -0.15) is 13.2 Å². The third-order valence-corrected chi connectivity index (χ3v) is 10.3. The molecule has 0 saturated heterocycles. The Kier molecular flexibility index (Phi) is 36.5. The molecule has 334 valence electrons. The summed E-state index contributed by atoms with van der Waals surface area (Å²) in [4.78, 5) is 45.9. The highest BCUT2D eigenvalue weighted by Crippen LogP contribution is 2.43. The number of unbranched alkanes of at least 4 members (excludes halogenated alkanes) is 22. The monoisotopic (exact) mass is 840 g/mol. The van der Waals surface area contributed by atoms with Crippen molar-refractivity contribution in [2.75, 3.05) is 26.4 Å². The first-order valence-electron chi connectivity index (χ1n) is 22.0. The number of amides is 1. The van der Waals surface area contributed by atoms with Crippen molar-refractivity contribution in [3.63, 3.8) is 0 Å². The first-order chi connectivity index (χ1) is 27.4. The van der Waals surface area contributed by atoms with E-state index in [2.05, 4.69) is 42.7 Å². The van der Waals surface area contributed by atoms with Crippen LogP contribution in [0.3, 0.4) is 0 Å². The molecule has 0 saturated carbocycles. The lowest BCUT2D eigenvalue weighted by molar-refractivity contribution is -0.173. The first kappa shape index (κ1) is 54.8. The number of rotatable bonds is 40. The average Bonchev–Trinajstić information content (AvgIpc) is 3.17. The average molecular weight is 840 g/mol. The maximum atomic E-state index is 12.6. The van der Waals surface area contributed by atoms with Gasteiger partial charge in [-0.15, -0.1) is 0 Å². The number of hydrogen-bond donors (Lipinski definition) is 2. The fraction of sp³-hybridized carbons (Fsp3) is 0.837. The quantitative estimate of drug-likeness (QED) is 0.0267. The summed E-state index contributed by atoms with van der Waals surface area (Å²) in [6, 6.07) is 0. The van der Waals surface area contributed by atoms with Crippen LogP contribution in [0.4, 0.5) is 13.2 Å². The Morgan fingerprint density at radius 3 is 1.44 bits per heavy atom. The number of allylic oxidation sites excluding steroid dienone is 4. The highest BCUT2D eigenvalue weighted by molar-refractivity contribution is 7.47. The number of ether oxygens (including phenoxy) is 2. The minimum absolute atomic E-state index is 0.101. The summed E-state index contributed by atoms with van der Waals surface area (Å²) in [7, 11) is -4.81. The van der Waals surface area contributed by atoms with Crippen LogP contribution in [-0.4, -0.2) is 61.4 Å². The molecule has 0 fully saturated rings. The van der Waals surface area contributed by atoms with E-state index in [1.54, 1.807) is 0 Å². The molecule has 0 aliphatic carbocycles. The minimum Gasteiger partial charge on any atom is -0.462 e. The molecule has 14 heteroatoms. The van der Waals surface area contributed by atoms with Gasteiger partial charge in [0.15, 0.2) is 6.10 Å². The predicted molar refractivity (Wildman–Crippen MR) is 221 cm³/mol. The van der Waals surface area contributed by atoms with Gasteiger partial charge in [-0.05, 0) is 64.2 Å². The molecule has 0 bridgehead atoms. The van der Waals surface area contributed by atoms with Crippen molar-refractivity contribution >= 4 is 25.7 Å². The van der Waals surface area contributed by atoms with E-state index < -0.39 is 64.3 Å². The molecule has 0 spiro atoms. The second-order valence-electron chi connectivity index (χ2n) is 14.8. The van der Waals surface area contributed by atoms with Crippen molar-refractivity contribution in [1.82, 2.24) is 5.32 Å². The Morgan fingerprint density at radius 2 is 1.00 bits per heavy atom. The summed E-state index contributed by atoms with van der Waals surface area (Å²) in [6.07, 6.45) is 32.1. The van der Waals surface area contributed by atoms with E-state index in [0.717, 1.165) is 77.0 Å². The molecule has 0 aromatic rings. The van der Waals surface area contributed by atoms with E-state index in [1.165, 1.54) is 82.4 Å². The molecular weight excluding hydrogens is 762 g/mol. The molecule has 1 amide bonds. The van der Waals surface area contributed by atoms with E-state index in [4.69, 9.17) is 14.0 Å². The first-order valence-corrected chi connectivity index (χ1v) is 23.5. The van der Waals surface area contributed by atoms with Crippen LogP contribution >= 0.6 is 7.82 Å². The highest BCUT2D eigenvalue weighted by Gasteiger charge is 2.38. The minimum atomic E-state index is -5.11. The summed E-state index contributed by atoms with van der Waals surface area (Å²) in [5, 5.41) is 1.51. The molecule has 2 N–H and O–H groups in total. The van der Waals surface area contributed by atoms with Crippen LogP contribution in [-0.2, 0) is 37.5 Å². The Morgan fingerprint density at radius 1 is 0.596 bits per heavy atom. The van der Waals surface area contributed by atoms with Crippen LogP contribution in [0.1, 0.15) is 194 Å². The van der Waals surface area contributed by atoms with Crippen LogP contribution < -0.4 is 5.32 Å². The molecule has 0 aromatic heterocycles. The van der Waals surface area contributed by atoms with Gasteiger partial charge in [0.2, 0.25) is 0 Å². The standard InChI is InChI=1S/C43H77F3NO9P/c1-3-5-7-9-11-13-15-17-19-21-23-25-27-29-31-33-40(48)53-37-39(38-55-57(51,52)54-36-35-47-42(50)43(44,45)46)56-41(49)34-32-30-28-26-24-22-20-18-16-14-12-10-8-6-4-2/h17-20,39H,3-16,21-38H2,1-2H3,(H,47,50)(H,51,52). The molecular formula is C43H77F3NO9P. The molecule has 0 aliphatic rings. The molecule has 57 heavy (non-hydrogen) atoms. The number of alkyl halides is 3. The van der Waals surface area contributed by atoms with Crippen LogP contribution in [0.5, 0.6) is 0 Å². The van der Waals surface area contributed by atoms with Crippen LogP contribution in [0, 0.1) is 0 Å². The second-order valence-corrected chi connectivity index (χ2v) is 16.3. The molecule has 10 nitrogen and oxygen atoms in total. The zero-order chi connectivity index (χ0) is 42.3. The van der Waals surface area contributed by atoms with Gasteiger partial charge in [0, 0.05) is 19.4 Å². The number of phosphoric acid groups is 1. The lowest BCUT2D eigenvalue weighted by Crippen LogP contribution is -2.38. The zero-order valence-corrected chi connectivity index (χ0v) is 36.2. The van der Waals surface area contributed by atoms with Gasteiger partial charge in [-0.1, -0.05) is 141 Å². The van der Waals surface area contributed by atoms with Crippen LogP contribution in [0.2, 0.25) is 0 Å². The molecule has 0 radical (unpaired) electrons. The van der Waals surface area contributed by atoms with E-state index in [1.807, 2.05) is 0 Å². The largest absolute Gasteiger partial charge is 0.472 e. The van der Waals surface area contributed by atoms with Gasteiger partial charge in [-0.25, -0.2) is 4.57 Å². The van der Waals surface area contributed by atoms with Crippen molar-refractivity contribution in [3.05, 3.63) is 24.3 Å². The molecule has 2 atom stereocenters. The van der Waals surface area contributed by atoms with E-state index in [0.29, 0.717) is 12.8 Å². The van der Waals surface area contributed by atoms with E-state index in [-0.39, 0.29) is 12.8 Å². The van der Waals surface area contributed by atoms with Gasteiger partial charge in [-0.3, -0.25) is 23.4 Å². The molecule has 0 aliphatic heterocycles. The number of nitrogens with one attached hydrogen (secondary N) is 1. The summed E-state index contributed by atoms with van der Waals surface area (Å²) in [6.45, 7) is 1.92. The normalized spacial score (nSPS) is 13.6. The number of carbonyl (C=O) groups excluding carboxylic acids is 3. The number of halogens is 3. The highest BCUT2D eigenvalue weighted by atomic mass is 31.2. The number of carbonyl (C=O) groups is 3. The summed E-state index contributed by atoms with van der Waals surface area (Å²) in [5.74, 6) is -3.31. The third-order valence-electron chi connectivity index (χ3n) is 9.34. The molecule has 0 rings (SSSR count). The summed E-state index contributed by atoms with van der Waals surface area (Å²) in [5.41, 5.74) is 0. The van der Waals surface area contributed by atoms with E-state index >= 15 is 0 Å². The molecule has 0 aromatic carbocycles. The molecule has 2 unspecified atom stereocenters. The summed E-state index contributed by atoms with van der Waals surface area (Å²) < 4.78 is 69.6. The third kappa shape index (κ3) is 39.0. The molecule has 0 heterocycles. The van der Waals surface area contributed by atoms with Crippen molar-refractivity contribution in [1.29, 1.82) is 0 Å². The van der Waals surface area contributed by atoms with Crippen LogP contribution in [0.15, 0.2) is 24.3 Å². The lowest BCUT2D eigenvalue weighted by Gasteiger charge is -2.20.